The Morgan fingerprint density at radius 3 is 2.55 bits per heavy atom. The van der Waals surface area contributed by atoms with E-state index in [1.165, 1.54) is 21.7 Å². The van der Waals surface area contributed by atoms with Gasteiger partial charge in [-0.3, -0.25) is 10.9 Å². The van der Waals surface area contributed by atoms with Crippen molar-refractivity contribution in [2.45, 2.75) is 50.3 Å². The highest BCUT2D eigenvalue weighted by atomic mass is 32.2. The van der Waals surface area contributed by atoms with Crippen molar-refractivity contribution in [3.8, 4) is 10.6 Å². The van der Waals surface area contributed by atoms with Crippen molar-refractivity contribution in [1.29, 1.82) is 0 Å². The summed E-state index contributed by atoms with van der Waals surface area (Å²) in [5, 5.41) is -0.105. The van der Waals surface area contributed by atoms with E-state index in [0.717, 1.165) is 22.7 Å². The van der Waals surface area contributed by atoms with Gasteiger partial charge in [0.2, 0.25) is 10.0 Å². The lowest BCUT2D eigenvalue weighted by Gasteiger charge is -2.30. The molecule has 3 heterocycles. The highest BCUT2D eigenvalue weighted by molar-refractivity contribution is 7.89. The van der Waals surface area contributed by atoms with Gasteiger partial charge >= 0.3 is 6.18 Å². The standard InChI is InChI=1S/C18H21F3N4O2S2/c1-10-16(11(2)24-23-10)29(26,27)25-7-6-14-15(9-25)28-17(22-14)12-4-3-5-13(8-12)18(19,20)21/h3-5,8,10-11,16,23-24H,6-7,9H2,1-2H3. The van der Waals surface area contributed by atoms with Gasteiger partial charge in [0.05, 0.1) is 11.3 Å². The lowest BCUT2D eigenvalue weighted by atomic mass is 10.1. The Balaban J connectivity index is 1.60. The average molecular weight is 447 g/mol. The molecular weight excluding hydrogens is 425 g/mol. The van der Waals surface area contributed by atoms with Crippen molar-refractivity contribution in [3.63, 3.8) is 0 Å². The Kier molecular flexibility index (Phi) is 5.23. The largest absolute Gasteiger partial charge is 0.416 e. The zero-order valence-corrected chi connectivity index (χ0v) is 17.5. The Bertz CT molecular complexity index is 1010. The molecule has 158 valence electrons. The number of hydrazine groups is 1. The van der Waals surface area contributed by atoms with Crippen LogP contribution in [0, 0.1) is 0 Å². The van der Waals surface area contributed by atoms with Gasteiger partial charge in [0.25, 0.3) is 0 Å². The normalized spacial score (nSPS) is 25.9. The van der Waals surface area contributed by atoms with E-state index >= 15 is 0 Å². The van der Waals surface area contributed by atoms with Crippen LogP contribution in [0.2, 0.25) is 0 Å². The third kappa shape index (κ3) is 3.81. The van der Waals surface area contributed by atoms with E-state index in [1.807, 2.05) is 13.8 Å². The van der Waals surface area contributed by atoms with E-state index in [2.05, 4.69) is 15.8 Å². The number of nitrogens with zero attached hydrogens (tertiary/aromatic N) is 2. The summed E-state index contributed by atoms with van der Waals surface area (Å²) < 4.78 is 66.8. The lowest BCUT2D eigenvalue weighted by molar-refractivity contribution is -0.137. The first-order chi connectivity index (χ1) is 13.6. The van der Waals surface area contributed by atoms with E-state index < -0.39 is 27.0 Å². The Labute approximate surface area is 171 Å². The number of benzene rings is 1. The van der Waals surface area contributed by atoms with Crippen LogP contribution in [0.5, 0.6) is 0 Å². The summed E-state index contributed by atoms with van der Waals surface area (Å²) in [6.07, 6.45) is -3.98. The SMILES string of the molecule is CC1NNC(C)C1S(=O)(=O)N1CCc2nc(-c3cccc(C(F)(F)F)c3)sc2C1. The number of alkyl halides is 3. The molecule has 2 N–H and O–H groups in total. The van der Waals surface area contributed by atoms with Crippen LogP contribution in [-0.2, 0) is 29.2 Å². The van der Waals surface area contributed by atoms with Gasteiger partial charge in [-0.25, -0.2) is 13.4 Å². The maximum absolute atomic E-state index is 13.2. The van der Waals surface area contributed by atoms with Gasteiger partial charge in [0.15, 0.2) is 0 Å². The molecule has 0 spiro atoms. The summed E-state index contributed by atoms with van der Waals surface area (Å²) in [5.41, 5.74) is 6.36. The van der Waals surface area contributed by atoms with E-state index in [-0.39, 0.29) is 18.6 Å². The van der Waals surface area contributed by atoms with Crippen molar-refractivity contribution in [2.75, 3.05) is 6.54 Å². The molecule has 1 aromatic heterocycles. The van der Waals surface area contributed by atoms with E-state index in [4.69, 9.17) is 0 Å². The first-order valence-corrected chi connectivity index (χ1v) is 11.6. The third-order valence-corrected chi connectivity index (χ3v) is 9.03. The van der Waals surface area contributed by atoms with Crippen molar-refractivity contribution in [3.05, 3.63) is 40.4 Å². The molecule has 2 unspecified atom stereocenters. The predicted octanol–water partition coefficient (Wildman–Crippen LogP) is 2.77. The second kappa shape index (κ2) is 7.31. The number of hydrogen-bond donors (Lipinski definition) is 2. The number of thiazole rings is 1. The van der Waals surface area contributed by atoms with Gasteiger partial charge in [-0.1, -0.05) is 12.1 Å². The lowest BCUT2D eigenvalue weighted by Crippen LogP contribution is -2.48. The molecule has 11 heteroatoms. The molecule has 29 heavy (non-hydrogen) atoms. The van der Waals surface area contributed by atoms with E-state index in [9.17, 15) is 21.6 Å². The highest BCUT2D eigenvalue weighted by Crippen LogP contribution is 2.36. The molecule has 2 aromatic rings. The zero-order valence-electron chi connectivity index (χ0n) is 15.8. The molecule has 0 radical (unpaired) electrons. The molecule has 2 atom stereocenters. The van der Waals surface area contributed by atoms with Crippen LogP contribution in [0.25, 0.3) is 10.6 Å². The number of sulfonamides is 1. The van der Waals surface area contributed by atoms with Gasteiger partial charge < -0.3 is 0 Å². The van der Waals surface area contributed by atoms with Gasteiger partial charge in [0, 0.05) is 42.0 Å². The van der Waals surface area contributed by atoms with E-state index in [1.54, 1.807) is 6.07 Å². The molecular formula is C18H21F3N4O2S2. The maximum Gasteiger partial charge on any atom is 0.416 e. The number of halogens is 3. The van der Waals surface area contributed by atoms with Crippen molar-refractivity contribution < 1.29 is 21.6 Å². The Hall–Kier alpha value is -1.53. The Morgan fingerprint density at radius 1 is 1.21 bits per heavy atom. The van der Waals surface area contributed by atoms with Crippen molar-refractivity contribution in [1.82, 2.24) is 20.1 Å². The molecule has 2 aliphatic heterocycles. The monoisotopic (exact) mass is 446 g/mol. The minimum Gasteiger partial charge on any atom is -0.253 e. The molecule has 0 bridgehead atoms. The molecule has 1 aromatic carbocycles. The molecule has 4 rings (SSSR count). The second-order valence-corrected chi connectivity index (χ2v) is 10.6. The van der Waals surface area contributed by atoms with Crippen LogP contribution >= 0.6 is 11.3 Å². The average Bonchev–Trinajstić information content (AvgIpc) is 3.23. The maximum atomic E-state index is 13.2. The topological polar surface area (TPSA) is 74.3 Å². The molecule has 6 nitrogen and oxygen atoms in total. The fourth-order valence-corrected chi connectivity index (χ4v) is 7.26. The summed E-state index contributed by atoms with van der Waals surface area (Å²) in [7, 11) is -3.55. The Morgan fingerprint density at radius 2 is 1.90 bits per heavy atom. The second-order valence-electron chi connectivity index (χ2n) is 7.43. The predicted molar refractivity (Wildman–Crippen MR) is 105 cm³/mol. The van der Waals surface area contributed by atoms with Gasteiger partial charge in [-0.15, -0.1) is 11.3 Å². The summed E-state index contributed by atoms with van der Waals surface area (Å²) >= 11 is 1.26. The molecule has 1 fully saturated rings. The summed E-state index contributed by atoms with van der Waals surface area (Å²) in [6, 6.07) is 4.61. The summed E-state index contributed by atoms with van der Waals surface area (Å²) in [5.74, 6) is 0. The summed E-state index contributed by atoms with van der Waals surface area (Å²) in [6.45, 7) is 4.17. The minimum absolute atomic E-state index is 0.199. The molecule has 0 aliphatic carbocycles. The van der Waals surface area contributed by atoms with Crippen LogP contribution in [0.1, 0.15) is 30.0 Å². The fraction of sp³-hybridized carbons (Fsp3) is 0.500. The van der Waals surface area contributed by atoms with Crippen LogP contribution < -0.4 is 10.9 Å². The highest BCUT2D eigenvalue weighted by Gasteiger charge is 2.44. The molecule has 2 aliphatic rings. The minimum atomic E-state index is -4.42. The van der Waals surface area contributed by atoms with Gasteiger partial charge in [-0.2, -0.15) is 17.5 Å². The number of fused-ring (bicyclic) bond motifs is 1. The smallest absolute Gasteiger partial charge is 0.253 e. The third-order valence-electron chi connectivity index (χ3n) is 5.36. The molecule has 0 saturated carbocycles. The molecule has 0 amide bonds. The number of hydrogen-bond acceptors (Lipinski definition) is 6. The molecule has 1 saturated heterocycles. The zero-order chi connectivity index (χ0) is 21.0. The van der Waals surface area contributed by atoms with Crippen LogP contribution in [0.3, 0.4) is 0 Å². The van der Waals surface area contributed by atoms with Crippen LogP contribution in [0.4, 0.5) is 13.2 Å². The number of aromatic nitrogens is 1. The quantitative estimate of drug-likeness (QED) is 0.759. The number of nitrogens with one attached hydrogen (secondary N) is 2. The van der Waals surface area contributed by atoms with E-state index in [0.29, 0.717) is 23.5 Å². The fourth-order valence-electron chi connectivity index (χ4n) is 3.89. The van der Waals surface area contributed by atoms with Crippen molar-refractivity contribution >= 4 is 21.4 Å². The van der Waals surface area contributed by atoms with Gasteiger partial charge in [-0.05, 0) is 26.0 Å². The van der Waals surface area contributed by atoms with Crippen molar-refractivity contribution in [2.24, 2.45) is 0 Å². The summed E-state index contributed by atoms with van der Waals surface area (Å²) in [4.78, 5) is 5.28. The van der Waals surface area contributed by atoms with Crippen LogP contribution in [0.15, 0.2) is 24.3 Å². The first kappa shape index (κ1) is 20.7. The number of rotatable bonds is 3. The first-order valence-electron chi connectivity index (χ1n) is 9.23. The van der Waals surface area contributed by atoms with Crippen LogP contribution in [-0.4, -0.2) is 41.6 Å². The van der Waals surface area contributed by atoms with Gasteiger partial charge in [0.1, 0.15) is 10.3 Å².